The quantitative estimate of drug-likeness (QED) is 0.318. The van der Waals surface area contributed by atoms with Gasteiger partial charge in [-0.3, -0.25) is 4.98 Å². The summed E-state index contributed by atoms with van der Waals surface area (Å²) in [5, 5.41) is 6.28. The van der Waals surface area contributed by atoms with Gasteiger partial charge >= 0.3 is 12.3 Å². The minimum Gasteiger partial charge on any atom is -0.395 e. The van der Waals surface area contributed by atoms with E-state index in [1.807, 2.05) is 36.4 Å². The molecule has 0 radical (unpaired) electrons. The van der Waals surface area contributed by atoms with Crippen LogP contribution in [0.2, 0.25) is 5.02 Å². The first-order valence-electron chi connectivity index (χ1n) is 11.0. The third kappa shape index (κ3) is 4.94. The molecule has 4 aromatic rings. The van der Waals surface area contributed by atoms with Crippen molar-refractivity contribution in [2.24, 2.45) is 0 Å². The number of halogens is 3. The number of pyridine rings is 1. The zero-order chi connectivity index (χ0) is 25.2. The average molecular weight is 508 g/mol. The number of urea groups is 1. The van der Waals surface area contributed by atoms with Gasteiger partial charge in [0.05, 0.1) is 10.7 Å². The second-order valence-electron chi connectivity index (χ2n) is 8.20. The van der Waals surface area contributed by atoms with Crippen molar-refractivity contribution in [1.82, 2.24) is 10.3 Å². The highest BCUT2D eigenvalue weighted by atomic mass is 35.5. The number of rotatable bonds is 6. The van der Waals surface area contributed by atoms with E-state index in [1.54, 1.807) is 42.5 Å². The van der Waals surface area contributed by atoms with Crippen molar-refractivity contribution in [3.05, 3.63) is 119 Å². The first-order valence-corrected chi connectivity index (χ1v) is 11.4. The smallest absolute Gasteiger partial charge is 0.395 e. The number of carbonyl (C=O) groups is 1. The Morgan fingerprint density at radius 1 is 0.917 bits per heavy atom. The minimum absolute atomic E-state index is 0.102. The van der Waals surface area contributed by atoms with Gasteiger partial charge in [-0.25, -0.2) is 4.79 Å². The number of anilines is 1. The minimum atomic E-state index is -3.78. The van der Waals surface area contributed by atoms with Crippen LogP contribution < -0.4 is 20.1 Å². The molecule has 1 aliphatic rings. The number of benzene rings is 3. The maximum absolute atomic E-state index is 13.8. The molecule has 1 unspecified atom stereocenters. The van der Waals surface area contributed by atoms with Crippen LogP contribution >= 0.6 is 11.6 Å². The van der Waals surface area contributed by atoms with E-state index >= 15 is 0 Å². The maximum Gasteiger partial charge on any atom is 0.586 e. The Morgan fingerprint density at radius 3 is 2.31 bits per heavy atom. The van der Waals surface area contributed by atoms with Gasteiger partial charge in [0.25, 0.3) is 0 Å². The molecule has 2 heterocycles. The number of fused-ring (bicyclic) bond motifs is 1. The molecule has 1 aromatic heterocycles. The van der Waals surface area contributed by atoms with Gasteiger partial charge in [-0.2, -0.15) is 0 Å². The Hall–Kier alpha value is -4.17. The molecule has 2 amide bonds. The molecule has 1 atom stereocenters. The lowest BCUT2D eigenvalue weighted by Gasteiger charge is -2.35. The van der Waals surface area contributed by atoms with E-state index in [-0.39, 0.29) is 17.9 Å². The number of nitrogens with zero attached hydrogens (tertiary/aromatic N) is 1. The summed E-state index contributed by atoms with van der Waals surface area (Å²) < 4.78 is 36.8. The lowest BCUT2D eigenvalue weighted by molar-refractivity contribution is -0.286. The average Bonchev–Trinajstić information content (AvgIpc) is 3.18. The number of hydrogen-bond donors (Lipinski definition) is 2. The molecule has 0 saturated carbocycles. The van der Waals surface area contributed by atoms with E-state index < -0.39 is 17.9 Å². The van der Waals surface area contributed by atoms with Gasteiger partial charge in [0, 0.05) is 18.3 Å². The van der Waals surface area contributed by atoms with Gasteiger partial charge in [-0.15, -0.1) is 8.78 Å². The van der Waals surface area contributed by atoms with Crippen LogP contribution in [0.5, 0.6) is 11.5 Å². The molecule has 36 heavy (non-hydrogen) atoms. The lowest BCUT2D eigenvalue weighted by atomic mass is 9.80. The van der Waals surface area contributed by atoms with Crippen LogP contribution in [0.3, 0.4) is 0 Å². The van der Waals surface area contributed by atoms with Crippen LogP contribution in [0.25, 0.3) is 0 Å². The molecular formula is C27H20ClF2N3O3. The van der Waals surface area contributed by atoms with Crippen LogP contribution in [-0.2, 0) is 12.0 Å². The first-order chi connectivity index (χ1) is 17.3. The number of ether oxygens (including phenoxy) is 2. The molecule has 182 valence electrons. The molecule has 0 saturated heterocycles. The van der Waals surface area contributed by atoms with E-state index in [9.17, 15) is 13.6 Å². The van der Waals surface area contributed by atoms with Crippen molar-refractivity contribution in [3.8, 4) is 11.5 Å². The number of hydrogen-bond acceptors (Lipinski definition) is 4. The lowest BCUT2D eigenvalue weighted by Crippen LogP contribution is -2.50. The highest BCUT2D eigenvalue weighted by Crippen LogP contribution is 2.44. The van der Waals surface area contributed by atoms with Crippen molar-refractivity contribution in [3.63, 3.8) is 0 Å². The van der Waals surface area contributed by atoms with E-state index in [1.165, 1.54) is 18.3 Å². The number of alkyl halides is 2. The normalized spacial score (nSPS) is 15.1. The van der Waals surface area contributed by atoms with Crippen molar-refractivity contribution in [2.75, 3.05) is 5.32 Å². The van der Waals surface area contributed by atoms with E-state index in [2.05, 4.69) is 20.4 Å². The highest BCUT2D eigenvalue weighted by Gasteiger charge is 2.45. The van der Waals surface area contributed by atoms with Gasteiger partial charge in [0.1, 0.15) is 5.54 Å². The summed E-state index contributed by atoms with van der Waals surface area (Å²) in [5.41, 5.74) is 1.07. The zero-order valence-electron chi connectivity index (χ0n) is 18.8. The highest BCUT2D eigenvalue weighted by molar-refractivity contribution is 6.30. The van der Waals surface area contributed by atoms with E-state index in [4.69, 9.17) is 16.3 Å². The molecule has 9 heteroatoms. The number of nitrogens with one attached hydrogen (secondary N) is 2. The summed E-state index contributed by atoms with van der Waals surface area (Å²) in [6.07, 6.45) is -2.06. The van der Waals surface area contributed by atoms with Gasteiger partial charge in [0.2, 0.25) is 0 Å². The summed E-state index contributed by atoms with van der Waals surface area (Å²) in [7, 11) is 0. The van der Waals surface area contributed by atoms with Crippen LogP contribution in [0, 0.1) is 0 Å². The van der Waals surface area contributed by atoms with Crippen LogP contribution in [-0.4, -0.2) is 17.3 Å². The summed E-state index contributed by atoms with van der Waals surface area (Å²) in [4.78, 5) is 17.8. The third-order valence-electron chi connectivity index (χ3n) is 5.73. The Kier molecular flexibility index (Phi) is 6.20. The van der Waals surface area contributed by atoms with Crippen molar-refractivity contribution in [2.45, 2.75) is 18.3 Å². The Bertz CT molecular complexity index is 1370. The fraction of sp³-hybridized carbons (Fsp3) is 0.111. The van der Waals surface area contributed by atoms with Crippen molar-refractivity contribution >= 4 is 23.3 Å². The molecular weight excluding hydrogens is 488 g/mol. The predicted molar refractivity (Wildman–Crippen MR) is 131 cm³/mol. The number of carbonyl (C=O) groups excluding carboxylic acids is 1. The monoisotopic (exact) mass is 507 g/mol. The molecule has 0 aliphatic carbocycles. The Balaban J connectivity index is 1.64. The summed E-state index contributed by atoms with van der Waals surface area (Å²) in [6.45, 7) is 0. The molecule has 0 fully saturated rings. The molecule has 0 bridgehead atoms. The zero-order valence-corrected chi connectivity index (χ0v) is 19.5. The van der Waals surface area contributed by atoms with Gasteiger partial charge in [-0.05, 0) is 47.5 Å². The number of para-hydroxylation sites is 1. The van der Waals surface area contributed by atoms with Gasteiger partial charge < -0.3 is 20.1 Å². The van der Waals surface area contributed by atoms with E-state index in [0.717, 1.165) is 5.56 Å². The standard InChI is InChI=1S/C27H20ClF2N3O3/c28-20-12-14-24(31-17-20)26(16-18-7-3-1-4-8-18,33-25(34)32-21-9-5-2-6-10-21)19-11-13-22-23(15-19)36-27(29,30)35-22/h1-15,17H,16H2,(H2,32,33,34). The van der Waals surface area contributed by atoms with Crippen LogP contribution in [0.4, 0.5) is 19.3 Å². The Labute approximate surface area is 210 Å². The fourth-order valence-electron chi connectivity index (χ4n) is 4.14. The topological polar surface area (TPSA) is 72.5 Å². The molecule has 1 aliphatic heterocycles. The summed E-state index contributed by atoms with van der Waals surface area (Å²) >= 11 is 6.11. The van der Waals surface area contributed by atoms with E-state index in [0.29, 0.717) is 22.0 Å². The van der Waals surface area contributed by atoms with Gasteiger partial charge in [0.15, 0.2) is 11.5 Å². The Morgan fingerprint density at radius 2 is 1.61 bits per heavy atom. The molecule has 0 spiro atoms. The second-order valence-corrected chi connectivity index (χ2v) is 8.64. The fourth-order valence-corrected chi connectivity index (χ4v) is 4.26. The first kappa shape index (κ1) is 23.6. The molecule has 6 nitrogen and oxygen atoms in total. The number of aromatic nitrogens is 1. The largest absolute Gasteiger partial charge is 0.586 e. The summed E-state index contributed by atoms with van der Waals surface area (Å²) in [5.74, 6) is -0.246. The maximum atomic E-state index is 13.8. The van der Waals surface area contributed by atoms with Gasteiger partial charge in [-0.1, -0.05) is 66.2 Å². The number of amides is 2. The molecule has 2 N–H and O–H groups in total. The second kappa shape index (κ2) is 9.47. The molecule has 5 rings (SSSR count). The predicted octanol–water partition coefficient (Wildman–Crippen LogP) is 6.36. The third-order valence-corrected chi connectivity index (χ3v) is 5.95. The van der Waals surface area contributed by atoms with Crippen LogP contribution in [0.15, 0.2) is 97.2 Å². The molecule has 3 aromatic carbocycles. The SMILES string of the molecule is O=C(Nc1ccccc1)NC(Cc1ccccc1)(c1ccc2c(c1)OC(F)(F)O2)c1ccc(Cl)cn1. The van der Waals surface area contributed by atoms with Crippen LogP contribution in [0.1, 0.15) is 16.8 Å². The summed E-state index contributed by atoms with van der Waals surface area (Å²) in [6, 6.07) is 25.6. The van der Waals surface area contributed by atoms with Crippen molar-refractivity contribution in [1.29, 1.82) is 0 Å². The van der Waals surface area contributed by atoms with Crippen molar-refractivity contribution < 1.29 is 23.0 Å².